The van der Waals surface area contributed by atoms with Crippen LogP contribution in [0, 0.1) is 0 Å². The van der Waals surface area contributed by atoms with Crippen molar-refractivity contribution in [1.29, 1.82) is 0 Å². The van der Waals surface area contributed by atoms with Crippen LogP contribution in [0.5, 0.6) is 0 Å². The van der Waals surface area contributed by atoms with Crippen molar-refractivity contribution in [1.82, 2.24) is 0 Å². The first-order valence-corrected chi connectivity index (χ1v) is 10.8. The average Bonchev–Trinajstić information content (AvgIpc) is 2.59. The Morgan fingerprint density at radius 2 is 1.22 bits per heavy atom. The van der Waals surface area contributed by atoms with Crippen LogP contribution in [0.4, 0.5) is 0 Å². The minimum Gasteiger partial charge on any atom is -0.353 e. The van der Waals surface area contributed by atoms with Gasteiger partial charge in [0.1, 0.15) is 0 Å². The number of hydrogen-bond acceptors (Lipinski definition) is 2. The van der Waals surface area contributed by atoms with E-state index in [0.717, 1.165) is 25.5 Å². The Labute approximate surface area is 149 Å². The van der Waals surface area contributed by atoms with Gasteiger partial charge in [-0.3, -0.25) is 0 Å². The maximum Gasteiger partial charge on any atom is 0.157 e. The molecular formula is C20H39ClO2. The third-order valence-electron chi connectivity index (χ3n) is 4.72. The lowest BCUT2D eigenvalue weighted by molar-refractivity contribution is -0.162. The van der Waals surface area contributed by atoms with E-state index in [1.807, 2.05) is 0 Å². The number of rotatable bonds is 16. The van der Waals surface area contributed by atoms with E-state index >= 15 is 0 Å². The number of ether oxygens (including phenoxy) is 2. The summed E-state index contributed by atoms with van der Waals surface area (Å²) in [6.07, 6.45) is 21.3. The maximum atomic E-state index is 5.76. The lowest BCUT2D eigenvalue weighted by Crippen LogP contribution is -2.22. The van der Waals surface area contributed by atoms with Crippen molar-refractivity contribution in [2.75, 3.05) is 19.1 Å². The molecule has 0 saturated carbocycles. The van der Waals surface area contributed by atoms with E-state index < -0.39 is 0 Å². The molecule has 1 unspecified atom stereocenters. The molecule has 0 amide bonds. The van der Waals surface area contributed by atoms with Gasteiger partial charge < -0.3 is 9.47 Å². The van der Waals surface area contributed by atoms with Gasteiger partial charge in [-0.25, -0.2) is 0 Å². The molecule has 1 rings (SSSR count). The molecule has 3 heteroatoms. The predicted octanol–water partition coefficient (Wildman–Crippen LogP) is 6.84. The summed E-state index contributed by atoms with van der Waals surface area (Å²) in [6, 6.07) is 0. The topological polar surface area (TPSA) is 18.5 Å². The summed E-state index contributed by atoms with van der Waals surface area (Å²) in [5.74, 6) is 0.834. The first kappa shape index (κ1) is 21.3. The summed E-state index contributed by atoms with van der Waals surface area (Å²) in [7, 11) is 0. The lowest BCUT2D eigenvalue weighted by Gasteiger charge is -2.22. The van der Waals surface area contributed by atoms with Crippen LogP contribution in [-0.4, -0.2) is 25.4 Å². The monoisotopic (exact) mass is 346 g/mol. The van der Waals surface area contributed by atoms with Crippen LogP contribution < -0.4 is 0 Å². The smallest absolute Gasteiger partial charge is 0.157 e. The van der Waals surface area contributed by atoms with E-state index in [9.17, 15) is 0 Å². The standard InChI is InChI=1S/C20H39ClO2/c21-17-13-10-8-6-4-2-1-3-5-7-9-11-14-18-22-20-16-12-15-19-23-20/h20H,1-19H2. The van der Waals surface area contributed by atoms with E-state index in [-0.39, 0.29) is 6.29 Å². The minimum absolute atomic E-state index is 0.0960. The Morgan fingerprint density at radius 1 is 0.696 bits per heavy atom. The summed E-state index contributed by atoms with van der Waals surface area (Å²) in [5.41, 5.74) is 0. The van der Waals surface area contributed by atoms with Gasteiger partial charge in [-0.15, -0.1) is 11.6 Å². The summed E-state index contributed by atoms with van der Waals surface area (Å²) < 4.78 is 11.3. The zero-order chi connectivity index (χ0) is 16.4. The van der Waals surface area contributed by atoms with Crippen LogP contribution in [0.1, 0.15) is 103 Å². The fraction of sp³-hybridized carbons (Fsp3) is 1.00. The zero-order valence-corrected chi connectivity index (χ0v) is 16.0. The molecule has 2 nitrogen and oxygen atoms in total. The highest BCUT2D eigenvalue weighted by Crippen LogP contribution is 2.15. The van der Waals surface area contributed by atoms with Gasteiger partial charge in [0.2, 0.25) is 0 Å². The maximum absolute atomic E-state index is 5.76. The number of hydrogen-bond donors (Lipinski definition) is 0. The Balaban J connectivity index is 1.67. The molecule has 1 atom stereocenters. The number of unbranched alkanes of at least 4 members (excludes halogenated alkanes) is 12. The van der Waals surface area contributed by atoms with Crippen LogP contribution in [0.2, 0.25) is 0 Å². The van der Waals surface area contributed by atoms with E-state index in [1.165, 1.54) is 96.3 Å². The van der Waals surface area contributed by atoms with Crippen molar-refractivity contribution in [3.05, 3.63) is 0 Å². The normalized spacial score (nSPS) is 18.4. The number of alkyl halides is 1. The van der Waals surface area contributed by atoms with Gasteiger partial charge in [0.25, 0.3) is 0 Å². The molecule has 0 radical (unpaired) electrons. The van der Waals surface area contributed by atoms with Gasteiger partial charge in [0.15, 0.2) is 6.29 Å². The molecule has 1 aliphatic rings. The third kappa shape index (κ3) is 14.3. The second-order valence-corrected chi connectivity index (χ2v) is 7.33. The molecule has 0 aromatic heterocycles. The van der Waals surface area contributed by atoms with E-state index in [1.54, 1.807) is 0 Å². The third-order valence-corrected chi connectivity index (χ3v) is 4.99. The van der Waals surface area contributed by atoms with Crippen LogP contribution in [-0.2, 0) is 9.47 Å². The molecule has 1 saturated heterocycles. The van der Waals surface area contributed by atoms with Crippen molar-refractivity contribution >= 4 is 11.6 Å². The van der Waals surface area contributed by atoms with Crippen molar-refractivity contribution in [3.8, 4) is 0 Å². The minimum atomic E-state index is 0.0960. The van der Waals surface area contributed by atoms with Gasteiger partial charge in [-0.1, -0.05) is 70.6 Å². The Morgan fingerprint density at radius 3 is 1.70 bits per heavy atom. The second-order valence-electron chi connectivity index (χ2n) is 6.95. The van der Waals surface area contributed by atoms with Gasteiger partial charge >= 0.3 is 0 Å². The van der Waals surface area contributed by atoms with Crippen molar-refractivity contribution in [2.24, 2.45) is 0 Å². The van der Waals surface area contributed by atoms with Gasteiger partial charge in [-0.05, 0) is 32.1 Å². The molecule has 0 aromatic carbocycles. The second kappa shape index (κ2) is 17.0. The average molecular weight is 347 g/mol. The SMILES string of the molecule is ClCCCCCCCCCCCCCCCOC1CCCCO1. The van der Waals surface area contributed by atoms with E-state index in [4.69, 9.17) is 21.1 Å². The van der Waals surface area contributed by atoms with Gasteiger partial charge in [-0.2, -0.15) is 0 Å². The summed E-state index contributed by atoms with van der Waals surface area (Å²) in [4.78, 5) is 0. The van der Waals surface area contributed by atoms with Crippen molar-refractivity contribution < 1.29 is 9.47 Å². The van der Waals surface area contributed by atoms with Crippen LogP contribution >= 0.6 is 11.6 Å². The summed E-state index contributed by atoms with van der Waals surface area (Å²) in [6.45, 7) is 1.77. The molecule has 0 aliphatic carbocycles. The highest BCUT2D eigenvalue weighted by molar-refractivity contribution is 6.17. The van der Waals surface area contributed by atoms with E-state index in [2.05, 4.69) is 0 Å². The molecule has 0 spiro atoms. The fourth-order valence-electron chi connectivity index (χ4n) is 3.20. The van der Waals surface area contributed by atoms with Crippen molar-refractivity contribution in [2.45, 2.75) is 109 Å². The van der Waals surface area contributed by atoms with Crippen LogP contribution in [0.25, 0.3) is 0 Å². The molecule has 138 valence electrons. The van der Waals surface area contributed by atoms with Crippen molar-refractivity contribution in [3.63, 3.8) is 0 Å². The molecule has 0 aromatic rings. The molecule has 23 heavy (non-hydrogen) atoms. The first-order chi connectivity index (χ1) is 11.4. The molecule has 1 fully saturated rings. The van der Waals surface area contributed by atoms with Gasteiger partial charge in [0.05, 0.1) is 0 Å². The molecule has 0 N–H and O–H groups in total. The lowest BCUT2D eigenvalue weighted by atomic mass is 10.0. The highest BCUT2D eigenvalue weighted by Gasteiger charge is 2.13. The predicted molar refractivity (Wildman–Crippen MR) is 100 cm³/mol. The Kier molecular flexibility index (Phi) is 15.8. The first-order valence-electron chi connectivity index (χ1n) is 10.2. The summed E-state index contributed by atoms with van der Waals surface area (Å²) >= 11 is 5.68. The fourth-order valence-corrected chi connectivity index (χ4v) is 3.39. The van der Waals surface area contributed by atoms with Gasteiger partial charge in [0, 0.05) is 19.1 Å². The Bertz CT molecular complexity index is 230. The molecule has 0 bridgehead atoms. The number of halogens is 1. The highest BCUT2D eigenvalue weighted by atomic mass is 35.5. The quantitative estimate of drug-likeness (QED) is 0.225. The molecule has 1 heterocycles. The zero-order valence-electron chi connectivity index (χ0n) is 15.2. The van der Waals surface area contributed by atoms with E-state index in [0.29, 0.717) is 0 Å². The summed E-state index contributed by atoms with van der Waals surface area (Å²) in [5, 5.41) is 0. The largest absolute Gasteiger partial charge is 0.353 e. The molecule has 1 aliphatic heterocycles. The Hall–Kier alpha value is 0.210. The van der Waals surface area contributed by atoms with Crippen LogP contribution in [0.15, 0.2) is 0 Å². The van der Waals surface area contributed by atoms with Crippen LogP contribution in [0.3, 0.4) is 0 Å². The molecular weight excluding hydrogens is 308 g/mol.